The van der Waals surface area contributed by atoms with Crippen molar-refractivity contribution < 1.29 is 18.3 Å². The fourth-order valence-electron chi connectivity index (χ4n) is 1.71. The summed E-state index contributed by atoms with van der Waals surface area (Å²) >= 11 is 0. The van der Waals surface area contributed by atoms with Crippen molar-refractivity contribution in [1.29, 1.82) is 0 Å². The van der Waals surface area contributed by atoms with Crippen LogP contribution in [-0.4, -0.2) is 13.7 Å². The molecule has 0 bridgehead atoms. The molecule has 2 aromatic rings. The molecule has 5 heteroatoms. The summed E-state index contributed by atoms with van der Waals surface area (Å²) in [6.45, 7) is 0.0483. The molecule has 0 aliphatic carbocycles. The zero-order chi connectivity index (χ0) is 14.5. The Labute approximate surface area is 115 Å². The molecule has 0 amide bonds. The molecule has 0 fully saturated rings. The minimum Gasteiger partial charge on any atom is -0.497 e. The Morgan fingerprint density at radius 1 is 1.10 bits per heavy atom. The van der Waals surface area contributed by atoms with E-state index in [0.29, 0.717) is 0 Å². The van der Waals surface area contributed by atoms with Crippen LogP contribution < -0.4 is 15.2 Å². The smallest absolute Gasteiger partial charge is 0.165 e. The summed E-state index contributed by atoms with van der Waals surface area (Å²) in [4.78, 5) is 0. The van der Waals surface area contributed by atoms with Crippen molar-refractivity contribution in [3.63, 3.8) is 0 Å². The van der Waals surface area contributed by atoms with E-state index in [2.05, 4.69) is 0 Å². The van der Waals surface area contributed by atoms with Crippen LogP contribution in [0.1, 0.15) is 11.6 Å². The maximum Gasteiger partial charge on any atom is 0.165 e. The van der Waals surface area contributed by atoms with Crippen LogP contribution in [0, 0.1) is 11.6 Å². The van der Waals surface area contributed by atoms with Gasteiger partial charge in [-0.1, -0.05) is 12.1 Å². The van der Waals surface area contributed by atoms with Crippen molar-refractivity contribution in [2.24, 2.45) is 5.73 Å². The lowest BCUT2D eigenvalue weighted by Gasteiger charge is -2.14. The molecule has 20 heavy (non-hydrogen) atoms. The molecule has 0 saturated carbocycles. The van der Waals surface area contributed by atoms with Gasteiger partial charge in [-0.2, -0.15) is 0 Å². The Kier molecular flexibility index (Phi) is 4.53. The highest BCUT2D eigenvalue weighted by molar-refractivity contribution is 5.29. The number of halogens is 2. The molecule has 2 aromatic carbocycles. The fourth-order valence-corrected chi connectivity index (χ4v) is 1.71. The van der Waals surface area contributed by atoms with E-state index in [1.165, 1.54) is 0 Å². The van der Waals surface area contributed by atoms with Crippen molar-refractivity contribution in [2.75, 3.05) is 13.7 Å². The second kappa shape index (κ2) is 6.34. The van der Waals surface area contributed by atoms with Crippen molar-refractivity contribution in [3.05, 3.63) is 59.7 Å². The zero-order valence-electron chi connectivity index (χ0n) is 11.0. The first-order valence-electron chi connectivity index (χ1n) is 6.07. The lowest BCUT2D eigenvalue weighted by Crippen LogP contribution is -2.19. The Balaban J connectivity index is 2.00. The van der Waals surface area contributed by atoms with Gasteiger partial charge in [-0.05, 0) is 29.8 Å². The van der Waals surface area contributed by atoms with Gasteiger partial charge in [0.1, 0.15) is 18.2 Å². The van der Waals surface area contributed by atoms with E-state index in [4.69, 9.17) is 15.2 Å². The van der Waals surface area contributed by atoms with Crippen LogP contribution in [0.25, 0.3) is 0 Å². The molecule has 0 aromatic heterocycles. The summed E-state index contributed by atoms with van der Waals surface area (Å²) in [6, 6.07) is 9.76. The molecule has 2 rings (SSSR count). The molecule has 2 N–H and O–H groups in total. The second-order valence-electron chi connectivity index (χ2n) is 4.27. The Hall–Kier alpha value is -2.14. The summed E-state index contributed by atoms with van der Waals surface area (Å²) in [7, 11) is 1.57. The largest absolute Gasteiger partial charge is 0.497 e. The summed E-state index contributed by atoms with van der Waals surface area (Å²) in [6.07, 6.45) is 0. The van der Waals surface area contributed by atoms with E-state index in [-0.39, 0.29) is 12.4 Å². The third-order valence-electron chi connectivity index (χ3n) is 2.86. The van der Waals surface area contributed by atoms with Crippen molar-refractivity contribution in [1.82, 2.24) is 0 Å². The van der Waals surface area contributed by atoms with Gasteiger partial charge in [-0.25, -0.2) is 8.78 Å². The summed E-state index contributed by atoms with van der Waals surface area (Å²) in [5.41, 5.74) is 6.76. The molecule has 0 aliphatic heterocycles. The molecule has 1 unspecified atom stereocenters. The summed E-state index contributed by atoms with van der Waals surface area (Å²) in [5.74, 6) is -0.597. The van der Waals surface area contributed by atoms with Gasteiger partial charge in [0.05, 0.1) is 13.2 Å². The SMILES string of the molecule is COc1ccc(C(N)COc2cc(F)ccc2F)cc1. The molecule has 0 spiro atoms. The van der Waals surface area contributed by atoms with Gasteiger partial charge < -0.3 is 15.2 Å². The average molecular weight is 279 g/mol. The minimum absolute atomic E-state index is 0.0483. The van der Waals surface area contributed by atoms with Crippen LogP contribution in [0.15, 0.2) is 42.5 Å². The van der Waals surface area contributed by atoms with Crippen LogP contribution in [-0.2, 0) is 0 Å². The van der Waals surface area contributed by atoms with Gasteiger partial charge >= 0.3 is 0 Å². The number of ether oxygens (including phenoxy) is 2. The van der Waals surface area contributed by atoms with E-state index < -0.39 is 17.7 Å². The Morgan fingerprint density at radius 3 is 2.45 bits per heavy atom. The van der Waals surface area contributed by atoms with Crippen LogP contribution in [0.2, 0.25) is 0 Å². The lowest BCUT2D eigenvalue weighted by atomic mass is 10.1. The Bertz CT molecular complexity index is 573. The van der Waals surface area contributed by atoms with Crippen LogP contribution in [0.4, 0.5) is 8.78 Å². The molecule has 0 saturated heterocycles. The predicted octanol–water partition coefficient (Wildman–Crippen LogP) is 3.05. The van der Waals surface area contributed by atoms with E-state index in [1.807, 2.05) is 0 Å². The number of hydrogen-bond acceptors (Lipinski definition) is 3. The van der Waals surface area contributed by atoms with Crippen LogP contribution in [0.3, 0.4) is 0 Å². The summed E-state index contributed by atoms with van der Waals surface area (Å²) < 4.78 is 36.6. The second-order valence-corrected chi connectivity index (χ2v) is 4.27. The zero-order valence-corrected chi connectivity index (χ0v) is 11.0. The van der Waals surface area contributed by atoms with Crippen LogP contribution in [0.5, 0.6) is 11.5 Å². The highest BCUT2D eigenvalue weighted by Gasteiger charge is 2.10. The highest BCUT2D eigenvalue weighted by atomic mass is 19.1. The average Bonchev–Trinajstić information content (AvgIpc) is 2.48. The van der Waals surface area contributed by atoms with E-state index in [0.717, 1.165) is 29.5 Å². The topological polar surface area (TPSA) is 44.5 Å². The quantitative estimate of drug-likeness (QED) is 0.915. The monoisotopic (exact) mass is 279 g/mol. The number of methoxy groups -OCH3 is 1. The highest BCUT2D eigenvalue weighted by Crippen LogP contribution is 2.21. The number of nitrogens with two attached hydrogens (primary N) is 1. The lowest BCUT2D eigenvalue weighted by molar-refractivity contribution is 0.275. The maximum atomic E-state index is 13.4. The molecule has 0 aliphatic rings. The minimum atomic E-state index is -0.617. The van der Waals surface area contributed by atoms with Gasteiger partial charge in [-0.3, -0.25) is 0 Å². The molecule has 0 radical (unpaired) electrons. The Morgan fingerprint density at radius 2 is 1.80 bits per heavy atom. The van der Waals surface area contributed by atoms with Crippen molar-refractivity contribution >= 4 is 0 Å². The number of hydrogen-bond donors (Lipinski definition) is 1. The normalized spacial score (nSPS) is 12.0. The van der Waals surface area contributed by atoms with E-state index in [1.54, 1.807) is 31.4 Å². The third kappa shape index (κ3) is 3.45. The first-order chi connectivity index (χ1) is 9.60. The molecule has 1 atom stereocenters. The van der Waals surface area contributed by atoms with Gasteiger partial charge in [0, 0.05) is 6.07 Å². The molecular weight excluding hydrogens is 264 g/mol. The van der Waals surface area contributed by atoms with E-state index in [9.17, 15) is 8.78 Å². The third-order valence-corrected chi connectivity index (χ3v) is 2.86. The van der Waals surface area contributed by atoms with Gasteiger partial charge in [0.25, 0.3) is 0 Å². The predicted molar refractivity (Wildman–Crippen MR) is 71.8 cm³/mol. The number of rotatable bonds is 5. The fraction of sp³-hybridized carbons (Fsp3) is 0.200. The van der Waals surface area contributed by atoms with Crippen molar-refractivity contribution in [3.8, 4) is 11.5 Å². The first-order valence-corrected chi connectivity index (χ1v) is 6.07. The first kappa shape index (κ1) is 14.3. The van der Waals surface area contributed by atoms with Crippen LogP contribution >= 0.6 is 0 Å². The van der Waals surface area contributed by atoms with Gasteiger partial charge in [0.15, 0.2) is 11.6 Å². The van der Waals surface area contributed by atoms with E-state index >= 15 is 0 Å². The standard InChI is InChI=1S/C15H15F2NO2/c1-19-12-5-2-10(3-6-12)14(18)9-20-15-8-11(16)4-7-13(15)17/h2-8,14H,9,18H2,1H3. The number of benzene rings is 2. The molecule has 106 valence electrons. The molecular formula is C15H15F2NO2. The van der Waals surface area contributed by atoms with Gasteiger partial charge in [-0.15, -0.1) is 0 Å². The summed E-state index contributed by atoms with van der Waals surface area (Å²) in [5, 5.41) is 0. The molecule has 3 nitrogen and oxygen atoms in total. The van der Waals surface area contributed by atoms with Crippen molar-refractivity contribution in [2.45, 2.75) is 6.04 Å². The van der Waals surface area contributed by atoms with Gasteiger partial charge in [0.2, 0.25) is 0 Å². The maximum absolute atomic E-state index is 13.4. The molecule has 0 heterocycles.